The van der Waals surface area contributed by atoms with Crippen molar-refractivity contribution in [2.24, 2.45) is 0 Å². The summed E-state index contributed by atoms with van der Waals surface area (Å²) in [5.41, 5.74) is 0.764. The number of nitrogens with one attached hydrogen (secondary N) is 2. The van der Waals surface area contributed by atoms with Gasteiger partial charge < -0.3 is 14.8 Å². The molecule has 0 atom stereocenters. The van der Waals surface area contributed by atoms with Gasteiger partial charge in [-0.05, 0) is 31.3 Å². The minimum atomic E-state index is -3.68. The van der Waals surface area contributed by atoms with Crippen LogP contribution < -0.4 is 19.5 Å². The highest BCUT2D eigenvalue weighted by atomic mass is 35.5. The molecular formula is C17H19ClN2O5S. The van der Waals surface area contributed by atoms with Gasteiger partial charge in [-0.3, -0.25) is 4.79 Å². The Morgan fingerprint density at radius 3 is 2.50 bits per heavy atom. The zero-order valence-electron chi connectivity index (χ0n) is 14.5. The second-order valence-corrected chi connectivity index (χ2v) is 7.48. The van der Waals surface area contributed by atoms with Crippen molar-refractivity contribution in [1.29, 1.82) is 0 Å². The number of rotatable bonds is 7. The Hall–Kier alpha value is -2.29. The average molecular weight is 399 g/mol. The summed E-state index contributed by atoms with van der Waals surface area (Å²) in [5, 5.41) is 2.85. The fourth-order valence-electron chi connectivity index (χ4n) is 2.33. The predicted molar refractivity (Wildman–Crippen MR) is 98.4 cm³/mol. The summed E-state index contributed by atoms with van der Waals surface area (Å²) >= 11 is 6.05. The summed E-state index contributed by atoms with van der Waals surface area (Å²) in [6.45, 7) is 0.151. The van der Waals surface area contributed by atoms with E-state index < -0.39 is 15.9 Å². The number of carbonyl (C=O) groups is 1. The molecule has 0 saturated carbocycles. The smallest absolute Gasteiger partial charge is 0.253 e. The lowest BCUT2D eigenvalue weighted by Crippen LogP contribution is -2.24. The first kappa shape index (κ1) is 20.0. The van der Waals surface area contributed by atoms with Gasteiger partial charge in [0.1, 0.15) is 0 Å². The first-order valence-electron chi connectivity index (χ1n) is 7.55. The lowest BCUT2D eigenvalue weighted by atomic mass is 10.1. The van der Waals surface area contributed by atoms with Crippen molar-refractivity contribution in [3.8, 4) is 11.5 Å². The monoisotopic (exact) mass is 398 g/mol. The van der Waals surface area contributed by atoms with Gasteiger partial charge >= 0.3 is 0 Å². The molecule has 2 N–H and O–H groups in total. The third-order valence-electron chi connectivity index (χ3n) is 3.69. The Labute approximate surface area is 157 Å². The number of hydrogen-bond acceptors (Lipinski definition) is 5. The van der Waals surface area contributed by atoms with Gasteiger partial charge in [0, 0.05) is 12.1 Å². The van der Waals surface area contributed by atoms with E-state index in [1.165, 1.54) is 39.5 Å². The number of methoxy groups -OCH3 is 2. The number of sulfonamides is 1. The van der Waals surface area contributed by atoms with Crippen LogP contribution in [0, 0.1) is 0 Å². The number of hydrogen-bond donors (Lipinski definition) is 2. The molecule has 0 aliphatic rings. The van der Waals surface area contributed by atoms with Crippen molar-refractivity contribution in [2.75, 3.05) is 21.3 Å². The van der Waals surface area contributed by atoms with Crippen LogP contribution in [-0.2, 0) is 16.6 Å². The van der Waals surface area contributed by atoms with E-state index in [0.717, 1.165) is 0 Å². The van der Waals surface area contributed by atoms with Crippen LogP contribution in [0.4, 0.5) is 0 Å². The molecule has 0 spiro atoms. The molecule has 1 amide bonds. The lowest BCUT2D eigenvalue weighted by Gasteiger charge is -2.14. The summed E-state index contributed by atoms with van der Waals surface area (Å²) < 4.78 is 36.5. The second kappa shape index (κ2) is 8.39. The molecule has 0 fully saturated rings. The lowest BCUT2D eigenvalue weighted by molar-refractivity contribution is 0.0950. The Morgan fingerprint density at radius 2 is 1.88 bits per heavy atom. The van der Waals surface area contributed by atoms with E-state index >= 15 is 0 Å². The largest absolute Gasteiger partial charge is 0.493 e. The number of para-hydroxylation sites is 1. The van der Waals surface area contributed by atoms with E-state index in [9.17, 15) is 13.2 Å². The molecule has 0 aromatic heterocycles. The van der Waals surface area contributed by atoms with Crippen molar-refractivity contribution in [3.05, 3.63) is 52.5 Å². The van der Waals surface area contributed by atoms with Gasteiger partial charge in [-0.15, -0.1) is 0 Å². The highest BCUT2D eigenvalue weighted by Gasteiger charge is 2.18. The molecular weight excluding hydrogens is 380 g/mol. The van der Waals surface area contributed by atoms with E-state index in [2.05, 4.69) is 10.0 Å². The highest BCUT2D eigenvalue weighted by molar-refractivity contribution is 7.89. The standard InChI is InChI=1S/C17H19ClN2O5S/c1-19-26(22,23)12-7-8-14(18)13(9-12)17(21)20-10-11-5-4-6-15(24-2)16(11)25-3/h4-9,19H,10H2,1-3H3,(H,20,21). The molecule has 26 heavy (non-hydrogen) atoms. The summed E-state index contributed by atoms with van der Waals surface area (Å²) in [6, 6.07) is 9.23. The molecule has 9 heteroatoms. The fourth-order valence-corrected chi connectivity index (χ4v) is 3.29. The van der Waals surface area contributed by atoms with Gasteiger partial charge in [0.2, 0.25) is 10.0 Å². The maximum Gasteiger partial charge on any atom is 0.253 e. The Kier molecular flexibility index (Phi) is 6.47. The predicted octanol–water partition coefficient (Wildman–Crippen LogP) is 2.20. The van der Waals surface area contributed by atoms with Gasteiger partial charge in [0.15, 0.2) is 11.5 Å². The molecule has 0 aliphatic carbocycles. The summed E-state index contributed by atoms with van der Waals surface area (Å²) in [4.78, 5) is 12.4. The zero-order chi connectivity index (χ0) is 19.3. The molecule has 0 aliphatic heterocycles. The van der Waals surface area contributed by atoms with Crippen molar-refractivity contribution >= 4 is 27.5 Å². The normalized spacial score (nSPS) is 11.1. The molecule has 2 aromatic rings. The molecule has 7 nitrogen and oxygen atoms in total. The summed E-state index contributed by atoms with van der Waals surface area (Å²) in [7, 11) is 0.635. The number of halogens is 1. The summed E-state index contributed by atoms with van der Waals surface area (Å²) in [6.07, 6.45) is 0. The molecule has 140 valence electrons. The third-order valence-corrected chi connectivity index (χ3v) is 5.43. The van der Waals surface area contributed by atoms with Gasteiger partial charge in [-0.2, -0.15) is 0 Å². The van der Waals surface area contributed by atoms with Crippen molar-refractivity contribution in [2.45, 2.75) is 11.4 Å². The van der Waals surface area contributed by atoms with Crippen molar-refractivity contribution in [3.63, 3.8) is 0 Å². The van der Waals surface area contributed by atoms with Crippen LogP contribution in [-0.4, -0.2) is 35.6 Å². The number of ether oxygens (including phenoxy) is 2. The van der Waals surface area contributed by atoms with Crippen molar-refractivity contribution < 1.29 is 22.7 Å². The molecule has 0 radical (unpaired) electrons. The van der Waals surface area contributed by atoms with Gasteiger partial charge in [0.25, 0.3) is 5.91 Å². The van der Waals surface area contributed by atoms with Crippen LogP contribution in [0.2, 0.25) is 5.02 Å². The molecule has 0 saturated heterocycles. The first-order chi connectivity index (χ1) is 12.3. The number of amides is 1. The Balaban J connectivity index is 2.25. The van der Waals surface area contributed by atoms with Crippen LogP contribution in [0.15, 0.2) is 41.3 Å². The molecule has 0 bridgehead atoms. The second-order valence-electron chi connectivity index (χ2n) is 5.18. The van der Waals surface area contributed by atoms with Gasteiger partial charge in [-0.25, -0.2) is 13.1 Å². The molecule has 0 heterocycles. The van der Waals surface area contributed by atoms with E-state index in [1.54, 1.807) is 18.2 Å². The van der Waals surface area contributed by atoms with Crippen LogP contribution in [0.5, 0.6) is 11.5 Å². The maximum atomic E-state index is 12.5. The fraction of sp³-hybridized carbons (Fsp3) is 0.235. The molecule has 2 aromatic carbocycles. The Morgan fingerprint density at radius 1 is 1.15 bits per heavy atom. The molecule has 0 unspecified atom stereocenters. The van der Waals surface area contributed by atoms with E-state index in [-0.39, 0.29) is 22.0 Å². The van der Waals surface area contributed by atoms with Crippen LogP contribution in [0.25, 0.3) is 0 Å². The summed E-state index contributed by atoms with van der Waals surface area (Å²) in [5.74, 6) is 0.542. The number of benzene rings is 2. The first-order valence-corrected chi connectivity index (χ1v) is 9.41. The SMILES string of the molecule is CNS(=O)(=O)c1ccc(Cl)c(C(=O)NCc2cccc(OC)c2OC)c1. The Bertz CT molecular complexity index is 915. The molecule has 2 rings (SSSR count). The average Bonchev–Trinajstić information content (AvgIpc) is 2.65. The number of carbonyl (C=O) groups excluding carboxylic acids is 1. The van der Waals surface area contributed by atoms with E-state index in [0.29, 0.717) is 17.1 Å². The van der Waals surface area contributed by atoms with Crippen LogP contribution >= 0.6 is 11.6 Å². The van der Waals surface area contributed by atoms with Gasteiger partial charge in [-0.1, -0.05) is 23.7 Å². The van der Waals surface area contributed by atoms with E-state index in [1.807, 2.05) is 0 Å². The topological polar surface area (TPSA) is 93.7 Å². The quantitative estimate of drug-likeness (QED) is 0.745. The van der Waals surface area contributed by atoms with Crippen LogP contribution in [0.1, 0.15) is 15.9 Å². The minimum absolute atomic E-state index is 0.0477. The van der Waals surface area contributed by atoms with Crippen molar-refractivity contribution in [1.82, 2.24) is 10.0 Å². The minimum Gasteiger partial charge on any atom is -0.493 e. The van der Waals surface area contributed by atoms with Gasteiger partial charge in [0.05, 0.1) is 29.7 Å². The maximum absolute atomic E-state index is 12.5. The van der Waals surface area contributed by atoms with Crippen LogP contribution in [0.3, 0.4) is 0 Å². The zero-order valence-corrected chi connectivity index (χ0v) is 16.1. The van der Waals surface area contributed by atoms with E-state index in [4.69, 9.17) is 21.1 Å². The highest BCUT2D eigenvalue weighted by Crippen LogP contribution is 2.30. The third kappa shape index (κ3) is 4.27.